The Bertz CT molecular complexity index is 945. The zero-order valence-corrected chi connectivity index (χ0v) is 16.2. The lowest BCUT2D eigenvalue weighted by Gasteiger charge is -2.14. The molecule has 1 atom stereocenters. The topological polar surface area (TPSA) is 61.8 Å². The fourth-order valence-corrected chi connectivity index (χ4v) is 3.91. The van der Waals surface area contributed by atoms with Crippen LogP contribution in [0.1, 0.15) is 12.0 Å². The number of halogens is 1. The second-order valence-electron chi connectivity index (χ2n) is 6.26. The van der Waals surface area contributed by atoms with Gasteiger partial charge in [-0.25, -0.2) is 9.38 Å². The van der Waals surface area contributed by atoms with Crippen LogP contribution < -0.4 is 5.32 Å². The molecule has 3 rings (SSSR count). The van der Waals surface area contributed by atoms with Crippen LogP contribution in [0.3, 0.4) is 0 Å². The number of hydrogen-bond acceptors (Lipinski definition) is 4. The normalized spacial score (nSPS) is 17.8. The van der Waals surface area contributed by atoms with Gasteiger partial charge in [-0.15, -0.1) is 6.58 Å². The number of nitrogens with zero attached hydrogens (tertiary/aromatic N) is 2. The first-order valence-corrected chi connectivity index (χ1v) is 9.65. The molecule has 28 heavy (non-hydrogen) atoms. The van der Waals surface area contributed by atoms with Crippen LogP contribution in [0.2, 0.25) is 0 Å². The van der Waals surface area contributed by atoms with Crippen molar-refractivity contribution >= 4 is 40.1 Å². The highest BCUT2D eigenvalue weighted by Gasteiger charge is 2.38. The van der Waals surface area contributed by atoms with Gasteiger partial charge in [-0.2, -0.15) is 0 Å². The van der Waals surface area contributed by atoms with E-state index in [4.69, 9.17) is 0 Å². The zero-order valence-electron chi connectivity index (χ0n) is 15.4. The van der Waals surface area contributed by atoms with Crippen LogP contribution in [-0.2, 0) is 9.59 Å². The Morgan fingerprint density at radius 1 is 1.29 bits per heavy atom. The van der Waals surface area contributed by atoms with Gasteiger partial charge in [0.1, 0.15) is 11.1 Å². The van der Waals surface area contributed by atoms with Crippen molar-refractivity contribution in [3.63, 3.8) is 0 Å². The molecule has 2 aromatic rings. The number of para-hydroxylation sites is 2. The molecule has 2 amide bonds. The minimum atomic E-state index is -0.616. The molecule has 1 N–H and O–H groups in total. The van der Waals surface area contributed by atoms with Crippen molar-refractivity contribution in [3.8, 4) is 0 Å². The molecule has 0 aliphatic carbocycles. The largest absolute Gasteiger partial charge is 0.324 e. The van der Waals surface area contributed by atoms with E-state index < -0.39 is 17.0 Å². The number of nitrogens with one attached hydrogen (secondary N) is 1. The fourth-order valence-electron chi connectivity index (χ4n) is 2.75. The van der Waals surface area contributed by atoms with E-state index in [1.807, 2.05) is 31.2 Å². The Kier molecular flexibility index (Phi) is 6.26. The van der Waals surface area contributed by atoms with Crippen molar-refractivity contribution in [1.29, 1.82) is 0 Å². The van der Waals surface area contributed by atoms with E-state index in [0.29, 0.717) is 11.7 Å². The molecule has 0 radical (unpaired) electrons. The molecule has 0 bridgehead atoms. The average Bonchev–Trinajstić information content (AvgIpc) is 2.94. The van der Waals surface area contributed by atoms with Crippen molar-refractivity contribution < 1.29 is 14.0 Å². The van der Waals surface area contributed by atoms with Crippen LogP contribution in [0.25, 0.3) is 0 Å². The Labute approximate surface area is 167 Å². The summed E-state index contributed by atoms with van der Waals surface area (Å²) >= 11 is 1.24. The van der Waals surface area contributed by atoms with Crippen molar-refractivity contribution in [2.75, 3.05) is 11.9 Å². The first-order valence-electron chi connectivity index (χ1n) is 8.77. The van der Waals surface area contributed by atoms with Gasteiger partial charge < -0.3 is 5.32 Å². The molecule has 5 nitrogen and oxygen atoms in total. The van der Waals surface area contributed by atoms with Gasteiger partial charge in [0.15, 0.2) is 5.17 Å². The van der Waals surface area contributed by atoms with E-state index in [1.54, 1.807) is 18.2 Å². The van der Waals surface area contributed by atoms with Gasteiger partial charge in [0, 0.05) is 13.0 Å². The quantitative estimate of drug-likeness (QED) is 0.740. The van der Waals surface area contributed by atoms with Gasteiger partial charge in [0.25, 0.3) is 0 Å². The highest BCUT2D eigenvalue weighted by atomic mass is 32.2. The third kappa shape index (κ3) is 4.48. The lowest BCUT2D eigenvalue weighted by atomic mass is 10.2. The molecular formula is C21H20FN3O2S. The van der Waals surface area contributed by atoms with Crippen LogP contribution in [0.5, 0.6) is 0 Å². The SMILES string of the molecule is C=CCN1C(=O)C(CC(=O)Nc2ccccc2F)SC1=Nc1ccccc1C. The summed E-state index contributed by atoms with van der Waals surface area (Å²) in [6, 6.07) is 13.5. The van der Waals surface area contributed by atoms with E-state index in [2.05, 4.69) is 16.9 Å². The van der Waals surface area contributed by atoms with Crippen LogP contribution in [0.4, 0.5) is 15.8 Å². The van der Waals surface area contributed by atoms with Crippen molar-refractivity contribution in [1.82, 2.24) is 4.90 Å². The molecule has 1 fully saturated rings. The van der Waals surface area contributed by atoms with Gasteiger partial charge in [0.05, 0.1) is 11.4 Å². The van der Waals surface area contributed by atoms with Crippen molar-refractivity contribution in [3.05, 3.63) is 72.6 Å². The number of carbonyl (C=O) groups excluding carboxylic acids is 2. The molecule has 0 saturated carbocycles. The number of amidine groups is 1. The van der Waals surface area contributed by atoms with Crippen LogP contribution >= 0.6 is 11.8 Å². The molecule has 144 valence electrons. The summed E-state index contributed by atoms with van der Waals surface area (Å²) in [5.41, 5.74) is 1.85. The predicted molar refractivity (Wildman–Crippen MR) is 111 cm³/mol. The van der Waals surface area contributed by atoms with Crippen molar-refractivity contribution in [2.24, 2.45) is 4.99 Å². The first kappa shape index (κ1) is 19.8. The lowest BCUT2D eigenvalue weighted by molar-refractivity contribution is -0.127. The molecule has 0 spiro atoms. The first-order chi connectivity index (χ1) is 13.5. The summed E-state index contributed by atoms with van der Waals surface area (Å²) in [6.45, 7) is 5.94. The van der Waals surface area contributed by atoms with Crippen LogP contribution in [-0.4, -0.2) is 33.7 Å². The molecule has 7 heteroatoms. The minimum Gasteiger partial charge on any atom is -0.324 e. The van der Waals surface area contributed by atoms with Gasteiger partial charge in [-0.05, 0) is 30.7 Å². The number of rotatable bonds is 6. The smallest absolute Gasteiger partial charge is 0.242 e. The summed E-state index contributed by atoms with van der Waals surface area (Å²) < 4.78 is 13.7. The molecule has 1 saturated heterocycles. The molecule has 1 aliphatic heterocycles. The number of anilines is 1. The third-order valence-electron chi connectivity index (χ3n) is 4.18. The Hall–Kier alpha value is -2.93. The Morgan fingerprint density at radius 2 is 2.00 bits per heavy atom. The maximum atomic E-state index is 13.7. The lowest BCUT2D eigenvalue weighted by Crippen LogP contribution is -2.33. The van der Waals surface area contributed by atoms with E-state index in [1.165, 1.54) is 28.8 Å². The summed E-state index contributed by atoms with van der Waals surface area (Å²) in [5, 5.41) is 2.43. The number of aliphatic imine (C=N–C) groups is 1. The average molecular weight is 397 g/mol. The summed E-state index contributed by atoms with van der Waals surface area (Å²) in [7, 11) is 0. The maximum absolute atomic E-state index is 13.7. The Morgan fingerprint density at radius 3 is 2.71 bits per heavy atom. The van der Waals surface area contributed by atoms with E-state index in [-0.39, 0.29) is 18.0 Å². The van der Waals surface area contributed by atoms with E-state index in [9.17, 15) is 14.0 Å². The molecule has 1 heterocycles. The molecule has 1 aliphatic rings. The van der Waals surface area contributed by atoms with Gasteiger partial charge in [-0.1, -0.05) is 48.2 Å². The number of amides is 2. The summed E-state index contributed by atoms with van der Waals surface area (Å²) in [4.78, 5) is 31.2. The van der Waals surface area contributed by atoms with Gasteiger partial charge >= 0.3 is 0 Å². The Balaban J connectivity index is 1.76. The fraction of sp³-hybridized carbons (Fsp3) is 0.190. The van der Waals surface area contributed by atoms with Gasteiger partial charge in [-0.3, -0.25) is 14.5 Å². The predicted octanol–water partition coefficient (Wildman–Crippen LogP) is 4.28. The molecule has 0 aromatic heterocycles. The third-order valence-corrected chi connectivity index (χ3v) is 5.36. The van der Waals surface area contributed by atoms with E-state index >= 15 is 0 Å². The molecule has 2 aromatic carbocycles. The van der Waals surface area contributed by atoms with E-state index in [0.717, 1.165) is 11.3 Å². The number of aryl methyl sites for hydroxylation is 1. The highest BCUT2D eigenvalue weighted by molar-refractivity contribution is 8.15. The van der Waals surface area contributed by atoms with Crippen LogP contribution in [0, 0.1) is 12.7 Å². The number of thioether (sulfide) groups is 1. The number of carbonyl (C=O) groups is 2. The minimum absolute atomic E-state index is 0.0712. The molecular weight excluding hydrogens is 377 g/mol. The summed E-state index contributed by atoms with van der Waals surface area (Å²) in [5.74, 6) is -1.15. The summed E-state index contributed by atoms with van der Waals surface area (Å²) in [6.07, 6.45) is 1.55. The maximum Gasteiger partial charge on any atom is 0.242 e. The van der Waals surface area contributed by atoms with Crippen molar-refractivity contribution in [2.45, 2.75) is 18.6 Å². The van der Waals surface area contributed by atoms with Crippen LogP contribution in [0.15, 0.2) is 66.2 Å². The standard InChI is InChI=1S/C21H20FN3O2S/c1-3-12-25-20(27)18(13-19(26)23-17-11-7-5-9-15(17)22)28-21(25)24-16-10-6-4-8-14(16)2/h3-11,18H,1,12-13H2,2H3,(H,23,26). The highest BCUT2D eigenvalue weighted by Crippen LogP contribution is 2.32. The van der Waals surface area contributed by atoms with Gasteiger partial charge in [0.2, 0.25) is 11.8 Å². The zero-order chi connectivity index (χ0) is 20.1. The number of benzene rings is 2. The monoisotopic (exact) mass is 397 g/mol. The number of hydrogen-bond donors (Lipinski definition) is 1. The molecule has 1 unspecified atom stereocenters. The second-order valence-corrected chi connectivity index (χ2v) is 7.43. The second kappa shape index (κ2) is 8.84.